The van der Waals surface area contributed by atoms with Gasteiger partial charge in [-0.2, -0.15) is 4.31 Å². The molecule has 0 N–H and O–H groups in total. The second kappa shape index (κ2) is 10.3. The number of ether oxygens (including phenoxy) is 1. The Morgan fingerprint density at radius 2 is 1.71 bits per heavy atom. The lowest BCUT2D eigenvalue weighted by atomic mass is 9.72. The molecule has 2 aliphatic rings. The lowest BCUT2D eigenvalue weighted by Gasteiger charge is -2.35. The number of methoxy groups -OCH3 is 1. The molecule has 0 bridgehead atoms. The summed E-state index contributed by atoms with van der Waals surface area (Å²) in [5, 5.41) is -0.796. The molecule has 5 rings (SSSR count). The van der Waals surface area contributed by atoms with Gasteiger partial charge in [-0.15, -0.1) is 0 Å². The van der Waals surface area contributed by atoms with Gasteiger partial charge in [0.15, 0.2) is 9.84 Å². The largest absolute Gasteiger partial charge is 0.465 e. The van der Waals surface area contributed by atoms with Crippen molar-refractivity contribution >= 4 is 37.4 Å². The second-order valence-electron chi connectivity index (χ2n) is 11.0. The maximum absolute atomic E-state index is 15.4. The Hall–Kier alpha value is -3.61. The third-order valence-corrected chi connectivity index (χ3v) is 11.6. The number of nitrogens with zero attached hydrogens (tertiary/aromatic N) is 2. The minimum Gasteiger partial charge on any atom is -0.465 e. The first-order valence-electron chi connectivity index (χ1n) is 13.3. The molecular formula is C30H31FN2O7S2. The van der Waals surface area contributed by atoms with Crippen molar-refractivity contribution in [2.45, 2.75) is 41.9 Å². The third-order valence-electron chi connectivity index (χ3n) is 8.19. The highest BCUT2D eigenvalue weighted by Crippen LogP contribution is 2.57. The number of carbonyl (C=O) groups is 2. The van der Waals surface area contributed by atoms with Gasteiger partial charge in [0.05, 0.1) is 34.3 Å². The quantitative estimate of drug-likeness (QED) is 0.384. The highest BCUT2D eigenvalue weighted by Gasteiger charge is 2.62. The molecule has 2 heterocycles. The maximum Gasteiger partial charge on any atom is 0.339 e. The van der Waals surface area contributed by atoms with Crippen LogP contribution >= 0.6 is 0 Å². The molecule has 2 aliphatic heterocycles. The van der Waals surface area contributed by atoms with Crippen LogP contribution in [0.25, 0.3) is 11.1 Å². The Morgan fingerprint density at radius 1 is 1.02 bits per heavy atom. The van der Waals surface area contributed by atoms with Crippen LogP contribution in [-0.4, -0.2) is 65.2 Å². The van der Waals surface area contributed by atoms with E-state index in [2.05, 4.69) is 0 Å². The number of anilines is 1. The highest BCUT2D eigenvalue weighted by atomic mass is 32.2. The van der Waals surface area contributed by atoms with Gasteiger partial charge in [-0.3, -0.25) is 4.79 Å². The van der Waals surface area contributed by atoms with Crippen LogP contribution in [0, 0.1) is 5.82 Å². The van der Waals surface area contributed by atoms with E-state index in [0.717, 1.165) is 13.4 Å². The number of hydrogen-bond donors (Lipinski definition) is 0. The Bertz CT molecular complexity index is 1840. The third kappa shape index (κ3) is 4.52. The SMILES string of the molecule is COC(=O)c1ccc(-c2cc(F)cc([C@H]3N(S(=O)(=O)C(C)C)CC[C@]34C(=O)N(C)c3ccccc34)c2)cc1S(C)(=O)=O. The molecule has 0 aliphatic carbocycles. The zero-order chi connectivity index (χ0) is 30.8. The molecule has 3 aromatic rings. The van der Waals surface area contributed by atoms with Gasteiger partial charge >= 0.3 is 5.97 Å². The number of sulfone groups is 1. The number of amides is 1. The lowest BCUT2D eigenvalue weighted by Crippen LogP contribution is -2.46. The topological polar surface area (TPSA) is 118 Å². The van der Waals surface area contributed by atoms with Gasteiger partial charge in [-0.25, -0.2) is 26.0 Å². The number of hydrogen-bond acceptors (Lipinski definition) is 7. The number of carbonyl (C=O) groups excluding carboxylic acids is 2. The number of halogens is 1. The summed E-state index contributed by atoms with van der Waals surface area (Å²) in [5.41, 5.74) is 0.640. The summed E-state index contributed by atoms with van der Waals surface area (Å²) in [4.78, 5) is 27.5. The van der Waals surface area contributed by atoms with E-state index in [0.29, 0.717) is 11.3 Å². The van der Waals surface area contributed by atoms with Crippen LogP contribution in [0.5, 0.6) is 0 Å². The first-order chi connectivity index (χ1) is 19.6. The van der Waals surface area contributed by atoms with Crippen molar-refractivity contribution in [3.8, 4) is 11.1 Å². The number of sulfonamides is 1. The Morgan fingerprint density at radius 3 is 2.36 bits per heavy atom. The van der Waals surface area contributed by atoms with E-state index in [4.69, 9.17) is 4.74 Å². The van der Waals surface area contributed by atoms with Crippen molar-refractivity contribution in [2.75, 3.05) is 31.9 Å². The van der Waals surface area contributed by atoms with Crippen LogP contribution in [0.1, 0.15) is 47.8 Å². The van der Waals surface area contributed by atoms with E-state index in [1.165, 1.54) is 39.5 Å². The molecule has 0 saturated carbocycles. The molecule has 0 radical (unpaired) electrons. The van der Waals surface area contributed by atoms with Crippen molar-refractivity contribution in [2.24, 2.45) is 0 Å². The average molecular weight is 615 g/mol. The predicted octanol–water partition coefficient (Wildman–Crippen LogP) is 4.08. The maximum atomic E-state index is 15.4. The van der Waals surface area contributed by atoms with Crippen LogP contribution in [-0.2, 0) is 34.8 Å². The van der Waals surface area contributed by atoms with E-state index >= 15 is 4.39 Å². The molecule has 42 heavy (non-hydrogen) atoms. The number of fused-ring (bicyclic) bond motifs is 2. The summed E-state index contributed by atoms with van der Waals surface area (Å²) in [5.74, 6) is -1.83. The van der Waals surface area contributed by atoms with Crippen LogP contribution in [0.15, 0.2) is 65.6 Å². The van der Waals surface area contributed by atoms with E-state index in [-0.39, 0.29) is 46.0 Å². The van der Waals surface area contributed by atoms with Gasteiger partial charge < -0.3 is 9.64 Å². The standard InChI is InChI=1S/C30H31FN2O7S2/c1-18(2)42(38,39)33-13-12-30(24-8-6-7-9-25(24)32(3)29(30)35)27(33)21-14-20(15-22(31)16-21)19-10-11-23(28(34)40-4)26(17-19)41(5,36)37/h6-11,14-18,27H,12-13H2,1-5H3/t27-,30-/m1/s1. The minimum atomic E-state index is -3.91. The van der Waals surface area contributed by atoms with Gasteiger partial charge in [0.2, 0.25) is 15.9 Å². The summed E-state index contributed by atoms with van der Waals surface area (Å²) in [7, 11) is -5.02. The van der Waals surface area contributed by atoms with Crippen molar-refractivity contribution < 1.29 is 35.6 Å². The summed E-state index contributed by atoms with van der Waals surface area (Å²) in [6.45, 7) is 3.16. The summed E-state index contributed by atoms with van der Waals surface area (Å²) in [6, 6.07) is 14.1. The molecule has 222 valence electrons. The fraction of sp³-hybridized carbons (Fsp3) is 0.333. The normalized spacial score (nSPS) is 20.9. The number of rotatable bonds is 6. The van der Waals surface area contributed by atoms with Crippen molar-refractivity contribution in [3.63, 3.8) is 0 Å². The van der Waals surface area contributed by atoms with Crippen LogP contribution < -0.4 is 4.90 Å². The lowest BCUT2D eigenvalue weighted by molar-refractivity contribution is -0.123. The van der Waals surface area contributed by atoms with Crippen LogP contribution in [0.4, 0.5) is 10.1 Å². The molecule has 9 nitrogen and oxygen atoms in total. The minimum absolute atomic E-state index is 0.0526. The zero-order valence-electron chi connectivity index (χ0n) is 23.8. The first-order valence-corrected chi connectivity index (χ1v) is 16.7. The average Bonchev–Trinajstić information content (AvgIpc) is 3.45. The van der Waals surface area contributed by atoms with Gasteiger partial charge in [0.1, 0.15) is 5.82 Å². The Labute approximate surface area is 244 Å². The van der Waals surface area contributed by atoms with Gasteiger partial charge in [-0.1, -0.05) is 24.3 Å². The summed E-state index contributed by atoms with van der Waals surface area (Å²) in [6.07, 6.45) is 1.15. The van der Waals surface area contributed by atoms with Gasteiger partial charge in [0.25, 0.3) is 0 Å². The van der Waals surface area contributed by atoms with E-state index in [1.807, 2.05) is 0 Å². The molecule has 0 unspecified atom stereocenters. The fourth-order valence-corrected chi connectivity index (χ4v) is 8.57. The number of benzene rings is 3. The van der Waals surface area contributed by atoms with E-state index < -0.39 is 48.4 Å². The first kappa shape index (κ1) is 29.9. The number of likely N-dealkylation sites (N-methyl/N-ethyl adjacent to an activating group) is 1. The molecule has 3 aromatic carbocycles. The van der Waals surface area contributed by atoms with Gasteiger partial charge in [0, 0.05) is 25.5 Å². The fourth-order valence-electron chi connectivity index (χ4n) is 6.19. The monoisotopic (exact) mass is 614 g/mol. The molecule has 12 heteroatoms. The summed E-state index contributed by atoms with van der Waals surface area (Å²) < 4.78 is 74.0. The van der Waals surface area contributed by atoms with E-state index in [1.54, 1.807) is 51.2 Å². The smallest absolute Gasteiger partial charge is 0.339 e. The van der Waals surface area contributed by atoms with Crippen molar-refractivity contribution in [1.82, 2.24) is 4.31 Å². The van der Waals surface area contributed by atoms with Crippen LogP contribution in [0.2, 0.25) is 0 Å². The number of para-hydroxylation sites is 1. The predicted molar refractivity (Wildman–Crippen MR) is 156 cm³/mol. The van der Waals surface area contributed by atoms with Crippen LogP contribution in [0.3, 0.4) is 0 Å². The van der Waals surface area contributed by atoms with Crippen molar-refractivity contribution in [3.05, 3.63) is 83.2 Å². The molecular weight excluding hydrogens is 583 g/mol. The molecule has 1 spiro atoms. The number of esters is 1. The second-order valence-corrected chi connectivity index (χ2v) is 15.4. The highest BCUT2D eigenvalue weighted by molar-refractivity contribution is 7.90. The molecule has 2 atom stereocenters. The van der Waals surface area contributed by atoms with E-state index in [9.17, 15) is 26.4 Å². The summed E-state index contributed by atoms with van der Waals surface area (Å²) >= 11 is 0. The Kier molecular flexibility index (Phi) is 7.31. The van der Waals surface area contributed by atoms with Crippen molar-refractivity contribution in [1.29, 1.82) is 0 Å². The molecule has 0 aromatic heterocycles. The molecule has 1 amide bonds. The van der Waals surface area contributed by atoms with Gasteiger partial charge in [-0.05, 0) is 78.9 Å². The zero-order valence-corrected chi connectivity index (χ0v) is 25.4. The molecule has 1 saturated heterocycles. The Balaban J connectivity index is 1.76. The molecule has 1 fully saturated rings.